The summed E-state index contributed by atoms with van der Waals surface area (Å²) in [6.07, 6.45) is 0. The maximum Gasteiger partial charge on any atom is 0.234 e. The molecule has 0 aliphatic rings. The highest BCUT2D eigenvalue weighted by atomic mass is 32.2. The molecule has 1 amide bonds. The number of amides is 1. The first kappa shape index (κ1) is 20.4. The molecule has 2 aromatic carbocycles. The van der Waals surface area contributed by atoms with Gasteiger partial charge in [0.15, 0.2) is 5.16 Å². The first-order chi connectivity index (χ1) is 13.5. The molecule has 0 aliphatic heterocycles. The fraction of sp³-hybridized carbons (Fsp3) is 0.250. The van der Waals surface area contributed by atoms with Crippen LogP contribution in [0.15, 0.2) is 53.7 Å². The Morgan fingerprint density at radius 3 is 2.50 bits per heavy atom. The molecular formula is C20H21FN4OS2. The van der Waals surface area contributed by atoms with Crippen molar-refractivity contribution in [2.75, 3.05) is 11.1 Å². The summed E-state index contributed by atoms with van der Waals surface area (Å²) in [6, 6.07) is 14.2. The van der Waals surface area contributed by atoms with Gasteiger partial charge in [0.25, 0.3) is 0 Å². The highest BCUT2D eigenvalue weighted by Gasteiger charge is 2.12. The zero-order valence-electron chi connectivity index (χ0n) is 15.7. The van der Waals surface area contributed by atoms with E-state index in [1.807, 2.05) is 11.6 Å². The predicted octanol–water partition coefficient (Wildman–Crippen LogP) is 4.43. The number of aryl methyl sites for hydroxylation is 1. The number of anilines is 1. The second kappa shape index (κ2) is 9.75. The second-order valence-electron chi connectivity index (χ2n) is 6.28. The number of hydrogen-bond acceptors (Lipinski definition) is 5. The summed E-state index contributed by atoms with van der Waals surface area (Å²) in [5.74, 6) is 2.24. The van der Waals surface area contributed by atoms with Gasteiger partial charge < -0.3 is 9.88 Å². The van der Waals surface area contributed by atoms with E-state index in [0.29, 0.717) is 10.8 Å². The number of nitrogens with zero attached hydrogens (tertiary/aromatic N) is 3. The zero-order chi connectivity index (χ0) is 19.9. The molecule has 3 rings (SSSR count). The van der Waals surface area contributed by atoms with Crippen LogP contribution in [0.25, 0.3) is 0 Å². The molecule has 8 heteroatoms. The van der Waals surface area contributed by atoms with Crippen molar-refractivity contribution < 1.29 is 9.18 Å². The Labute approximate surface area is 172 Å². The first-order valence-corrected chi connectivity index (χ1v) is 10.8. The average Bonchev–Trinajstić information content (AvgIpc) is 3.03. The minimum absolute atomic E-state index is 0.171. The molecule has 28 heavy (non-hydrogen) atoms. The van der Waals surface area contributed by atoms with E-state index in [2.05, 4.69) is 46.7 Å². The van der Waals surface area contributed by atoms with Crippen molar-refractivity contribution in [2.45, 2.75) is 23.6 Å². The van der Waals surface area contributed by atoms with Gasteiger partial charge in [-0.1, -0.05) is 41.6 Å². The molecule has 1 heterocycles. The van der Waals surface area contributed by atoms with Gasteiger partial charge in [-0.25, -0.2) is 4.39 Å². The van der Waals surface area contributed by atoms with Gasteiger partial charge >= 0.3 is 0 Å². The third-order valence-electron chi connectivity index (χ3n) is 4.01. The summed E-state index contributed by atoms with van der Waals surface area (Å²) < 4.78 is 14.8. The summed E-state index contributed by atoms with van der Waals surface area (Å²) in [7, 11) is 1.90. The van der Waals surface area contributed by atoms with Crippen molar-refractivity contribution in [3.63, 3.8) is 0 Å². The molecule has 0 unspecified atom stereocenters. The molecule has 5 nitrogen and oxygen atoms in total. The monoisotopic (exact) mass is 416 g/mol. The lowest BCUT2D eigenvalue weighted by Gasteiger charge is -2.06. The van der Waals surface area contributed by atoms with Crippen LogP contribution >= 0.6 is 23.5 Å². The van der Waals surface area contributed by atoms with Gasteiger partial charge in [0, 0.05) is 18.5 Å². The number of hydrogen-bond donors (Lipinski definition) is 1. The topological polar surface area (TPSA) is 59.8 Å². The smallest absolute Gasteiger partial charge is 0.234 e. The van der Waals surface area contributed by atoms with E-state index in [1.54, 1.807) is 11.8 Å². The van der Waals surface area contributed by atoms with E-state index in [1.165, 1.54) is 47.2 Å². The van der Waals surface area contributed by atoms with E-state index >= 15 is 0 Å². The van der Waals surface area contributed by atoms with E-state index in [9.17, 15) is 9.18 Å². The molecular weight excluding hydrogens is 395 g/mol. The van der Waals surface area contributed by atoms with Gasteiger partial charge in [0.1, 0.15) is 11.6 Å². The van der Waals surface area contributed by atoms with Crippen LogP contribution in [0.4, 0.5) is 10.1 Å². The van der Waals surface area contributed by atoms with Crippen molar-refractivity contribution in [2.24, 2.45) is 7.05 Å². The summed E-state index contributed by atoms with van der Waals surface area (Å²) in [5, 5.41) is 11.8. The number of aromatic nitrogens is 3. The Morgan fingerprint density at radius 2 is 1.79 bits per heavy atom. The maximum absolute atomic E-state index is 12.9. The van der Waals surface area contributed by atoms with Crippen LogP contribution in [0, 0.1) is 12.7 Å². The number of benzene rings is 2. The molecule has 3 aromatic rings. The maximum atomic E-state index is 12.9. The third kappa shape index (κ3) is 5.84. The van der Waals surface area contributed by atoms with Crippen LogP contribution in [-0.4, -0.2) is 26.4 Å². The Morgan fingerprint density at radius 1 is 1.07 bits per heavy atom. The highest BCUT2D eigenvalue weighted by Crippen LogP contribution is 2.21. The molecule has 1 N–H and O–H groups in total. The SMILES string of the molecule is Cc1ccc(CSCc2nnc(SCC(=O)Nc3ccc(F)cc3)n2C)cc1. The quantitative estimate of drug-likeness (QED) is 0.551. The van der Waals surface area contributed by atoms with E-state index < -0.39 is 0 Å². The number of nitrogens with one attached hydrogen (secondary N) is 1. The fourth-order valence-corrected chi connectivity index (χ4v) is 4.10. The number of halogens is 1. The minimum atomic E-state index is -0.334. The number of rotatable bonds is 8. The molecule has 0 radical (unpaired) electrons. The first-order valence-electron chi connectivity index (χ1n) is 8.71. The van der Waals surface area contributed by atoms with Gasteiger partial charge in [-0.3, -0.25) is 4.79 Å². The molecule has 0 atom stereocenters. The zero-order valence-corrected chi connectivity index (χ0v) is 17.3. The largest absolute Gasteiger partial charge is 0.325 e. The molecule has 0 saturated carbocycles. The molecule has 146 valence electrons. The molecule has 0 aliphatic carbocycles. The van der Waals surface area contributed by atoms with Crippen molar-refractivity contribution in [1.82, 2.24) is 14.8 Å². The predicted molar refractivity (Wildman–Crippen MR) is 113 cm³/mol. The molecule has 1 aromatic heterocycles. The summed E-state index contributed by atoms with van der Waals surface area (Å²) in [6.45, 7) is 2.08. The summed E-state index contributed by atoms with van der Waals surface area (Å²) >= 11 is 3.10. The van der Waals surface area contributed by atoms with Crippen molar-refractivity contribution in [3.8, 4) is 0 Å². The van der Waals surface area contributed by atoms with Crippen LogP contribution in [0.1, 0.15) is 17.0 Å². The Kier molecular flexibility index (Phi) is 7.11. The van der Waals surface area contributed by atoms with Gasteiger partial charge in [-0.15, -0.1) is 22.0 Å². The van der Waals surface area contributed by atoms with Gasteiger partial charge in [-0.05, 0) is 36.8 Å². The normalized spacial score (nSPS) is 10.8. The van der Waals surface area contributed by atoms with Crippen LogP contribution in [-0.2, 0) is 23.3 Å². The highest BCUT2D eigenvalue weighted by molar-refractivity contribution is 7.99. The molecule has 0 fully saturated rings. The summed E-state index contributed by atoms with van der Waals surface area (Å²) in [5.41, 5.74) is 3.11. The molecule has 0 spiro atoms. The van der Waals surface area contributed by atoms with E-state index in [-0.39, 0.29) is 17.5 Å². The van der Waals surface area contributed by atoms with Crippen molar-refractivity contribution in [3.05, 3.63) is 71.3 Å². The standard InChI is InChI=1S/C20H21FN4OS2/c1-14-3-5-15(6-4-14)11-27-12-18-23-24-20(25(18)2)28-13-19(26)22-17-9-7-16(21)8-10-17/h3-10H,11-13H2,1-2H3,(H,22,26). The Bertz CT molecular complexity index is 926. The van der Waals surface area contributed by atoms with Crippen LogP contribution < -0.4 is 5.32 Å². The average molecular weight is 417 g/mol. The minimum Gasteiger partial charge on any atom is -0.325 e. The van der Waals surface area contributed by atoms with Gasteiger partial charge in [0.2, 0.25) is 5.91 Å². The van der Waals surface area contributed by atoms with E-state index in [0.717, 1.165) is 17.3 Å². The van der Waals surface area contributed by atoms with Crippen LogP contribution in [0.3, 0.4) is 0 Å². The van der Waals surface area contributed by atoms with Gasteiger partial charge in [0.05, 0.1) is 11.5 Å². The number of thioether (sulfide) groups is 2. The lowest BCUT2D eigenvalue weighted by Crippen LogP contribution is -2.14. The van der Waals surface area contributed by atoms with Crippen molar-refractivity contribution in [1.29, 1.82) is 0 Å². The Balaban J connectivity index is 1.46. The second-order valence-corrected chi connectivity index (χ2v) is 8.21. The lowest BCUT2D eigenvalue weighted by molar-refractivity contribution is -0.113. The molecule has 0 saturated heterocycles. The lowest BCUT2D eigenvalue weighted by atomic mass is 10.2. The van der Waals surface area contributed by atoms with Crippen LogP contribution in [0.5, 0.6) is 0 Å². The number of carbonyl (C=O) groups excluding carboxylic acids is 1. The fourth-order valence-electron chi connectivity index (χ4n) is 2.40. The van der Waals surface area contributed by atoms with Crippen molar-refractivity contribution >= 4 is 35.1 Å². The van der Waals surface area contributed by atoms with E-state index in [4.69, 9.17) is 0 Å². The number of carbonyl (C=O) groups is 1. The molecule has 0 bridgehead atoms. The third-order valence-corrected chi connectivity index (χ3v) is 6.03. The summed E-state index contributed by atoms with van der Waals surface area (Å²) in [4.78, 5) is 12.1. The van der Waals surface area contributed by atoms with Gasteiger partial charge in [-0.2, -0.15) is 0 Å². The van der Waals surface area contributed by atoms with Crippen LogP contribution in [0.2, 0.25) is 0 Å². The Hall–Kier alpha value is -2.32.